The van der Waals surface area contributed by atoms with Crippen LogP contribution in [0.15, 0.2) is 53.4 Å². The number of hydrogen-bond donors (Lipinski definition) is 0. The summed E-state index contributed by atoms with van der Waals surface area (Å²) in [6, 6.07) is 14.2. The van der Waals surface area contributed by atoms with Crippen molar-refractivity contribution in [3.63, 3.8) is 0 Å². The average Bonchev–Trinajstić information content (AvgIpc) is 2.81. The maximum absolute atomic E-state index is 13.4. The lowest BCUT2D eigenvalue weighted by molar-refractivity contribution is -0.136. The molecule has 6 nitrogen and oxygen atoms in total. The summed E-state index contributed by atoms with van der Waals surface area (Å²) in [6.07, 6.45) is 2.25. The molecule has 1 unspecified atom stereocenters. The molecule has 2 aliphatic rings. The Morgan fingerprint density at radius 2 is 1.58 bits per heavy atom. The molecule has 0 saturated carbocycles. The molecule has 0 bridgehead atoms. The molecule has 0 aliphatic carbocycles. The molecule has 7 heteroatoms. The quantitative estimate of drug-likeness (QED) is 0.731. The minimum absolute atomic E-state index is 0.0557. The highest BCUT2D eigenvalue weighted by molar-refractivity contribution is 7.89. The van der Waals surface area contributed by atoms with Crippen LogP contribution in [-0.2, 0) is 14.8 Å². The Morgan fingerprint density at radius 3 is 2.29 bits per heavy atom. The van der Waals surface area contributed by atoms with Gasteiger partial charge in [0.2, 0.25) is 15.9 Å². The van der Waals surface area contributed by atoms with Crippen molar-refractivity contribution in [3.05, 3.63) is 59.7 Å². The second-order valence-corrected chi connectivity index (χ2v) is 10.4. The van der Waals surface area contributed by atoms with Gasteiger partial charge in [-0.2, -0.15) is 4.31 Å². The fourth-order valence-corrected chi connectivity index (χ4v) is 6.30. The summed E-state index contributed by atoms with van der Waals surface area (Å²) in [4.78, 5) is 17.8. The number of benzene rings is 2. The van der Waals surface area contributed by atoms with Gasteiger partial charge in [0.25, 0.3) is 0 Å². The highest BCUT2D eigenvalue weighted by atomic mass is 32.2. The van der Waals surface area contributed by atoms with Crippen LogP contribution in [0.4, 0.5) is 5.69 Å². The standard InChI is InChI=1S/C24H31N3O3S/c1-19-9-8-13-22(20(19)2)25-15-17-26(18-16-25)24(28)23-12-6-7-14-27(23)31(29,30)21-10-4-3-5-11-21/h3-5,8-11,13,23H,6-7,12,14-18H2,1-2H3. The predicted octanol–water partition coefficient (Wildman–Crippen LogP) is 3.20. The Bertz CT molecular complexity index is 1030. The van der Waals surface area contributed by atoms with Gasteiger partial charge >= 0.3 is 0 Å². The first kappa shape index (κ1) is 21.8. The number of sulfonamides is 1. The van der Waals surface area contributed by atoms with E-state index >= 15 is 0 Å². The van der Waals surface area contributed by atoms with E-state index in [1.54, 1.807) is 30.3 Å². The number of hydrogen-bond acceptors (Lipinski definition) is 4. The molecule has 2 aromatic carbocycles. The molecule has 31 heavy (non-hydrogen) atoms. The molecular formula is C24H31N3O3S. The van der Waals surface area contributed by atoms with Gasteiger partial charge in [0.1, 0.15) is 6.04 Å². The minimum Gasteiger partial charge on any atom is -0.368 e. The van der Waals surface area contributed by atoms with E-state index in [9.17, 15) is 13.2 Å². The molecule has 2 aromatic rings. The lowest BCUT2D eigenvalue weighted by Crippen LogP contribution is -2.57. The predicted molar refractivity (Wildman–Crippen MR) is 123 cm³/mol. The van der Waals surface area contributed by atoms with Crippen LogP contribution < -0.4 is 4.90 Å². The monoisotopic (exact) mass is 441 g/mol. The SMILES string of the molecule is Cc1cccc(N2CCN(C(=O)C3CCCCN3S(=O)(=O)c3ccccc3)CC2)c1C. The number of piperazine rings is 1. The second kappa shape index (κ2) is 9.01. The molecule has 1 amide bonds. The van der Waals surface area contributed by atoms with Gasteiger partial charge in [-0.3, -0.25) is 4.79 Å². The molecule has 2 fully saturated rings. The molecule has 1 atom stereocenters. The smallest absolute Gasteiger partial charge is 0.243 e. The van der Waals surface area contributed by atoms with Crippen molar-refractivity contribution < 1.29 is 13.2 Å². The highest BCUT2D eigenvalue weighted by Gasteiger charge is 2.40. The number of carbonyl (C=O) groups excluding carboxylic acids is 1. The second-order valence-electron chi connectivity index (χ2n) is 8.47. The fraction of sp³-hybridized carbons (Fsp3) is 0.458. The molecule has 4 rings (SSSR count). The van der Waals surface area contributed by atoms with E-state index in [1.807, 2.05) is 4.90 Å². The Morgan fingerprint density at radius 1 is 0.871 bits per heavy atom. The maximum atomic E-state index is 13.4. The normalized spacial score (nSPS) is 20.6. The van der Waals surface area contributed by atoms with Gasteiger partial charge in [-0.25, -0.2) is 8.42 Å². The van der Waals surface area contributed by atoms with Crippen LogP contribution in [0.3, 0.4) is 0 Å². The number of nitrogens with zero attached hydrogens (tertiary/aromatic N) is 3. The zero-order valence-corrected chi connectivity index (χ0v) is 19.1. The Balaban J connectivity index is 1.48. The molecule has 0 spiro atoms. The van der Waals surface area contributed by atoms with Crippen LogP contribution in [0.25, 0.3) is 0 Å². The number of amides is 1. The van der Waals surface area contributed by atoms with Crippen LogP contribution in [0.1, 0.15) is 30.4 Å². The molecular weight excluding hydrogens is 410 g/mol. The zero-order chi connectivity index (χ0) is 22.0. The number of carbonyl (C=O) groups is 1. The molecule has 0 N–H and O–H groups in total. The van der Waals surface area contributed by atoms with Crippen LogP contribution in [-0.4, -0.2) is 62.3 Å². The largest absolute Gasteiger partial charge is 0.368 e. The molecule has 2 heterocycles. The molecule has 0 aromatic heterocycles. The van der Waals surface area contributed by atoms with Crippen LogP contribution >= 0.6 is 0 Å². The third-order valence-electron chi connectivity index (χ3n) is 6.60. The number of rotatable bonds is 4. The van der Waals surface area contributed by atoms with E-state index in [-0.39, 0.29) is 10.8 Å². The van der Waals surface area contributed by atoms with Gasteiger partial charge in [-0.05, 0) is 56.0 Å². The van der Waals surface area contributed by atoms with Gasteiger partial charge in [0, 0.05) is 38.4 Å². The Kier molecular flexibility index (Phi) is 6.34. The van der Waals surface area contributed by atoms with Gasteiger partial charge in [0.15, 0.2) is 0 Å². The number of piperidine rings is 1. The van der Waals surface area contributed by atoms with Crippen molar-refractivity contribution in [1.29, 1.82) is 0 Å². The van der Waals surface area contributed by atoms with Gasteiger partial charge in [0.05, 0.1) is 4.90 Å². The average molecular weight is 442 g/mol. The van der Waals surface area contributed by atoms with Crippen LogP contribution in [0.2, 0.25) is 0 Å². The minimum atomic E-state index is -3.68. The van der Waals surface area contributed by atoms with Crippen molar-refractivity contribution in [1.82, 2.24) is 9.21 Å². The van der Waals surface area contributed by atoms with E-state index in [1.165, 1.54) is 21.1 Å². The van der Waals surface area contributed by atoms with E-state index in [4.69, 9.17) is 0 Å². The van der Waals surface area contributed by atoms with E-state index in [0.717, 1.165) is 25.9 Å². The van der Waals surface area contributed by atoms with Crippen molar-refractivity contribution >= 4 is 21.6 Å². The summed E-state index contributed by atoms with van der Waals surface area (Å²) >= 11 is 0. The summed E-state index contributed by atoms with van der Waals surface area (Å²) in [7, 11) is -3.68. The van der Waals surface area contributed by atoms with E-state index < -0.39 is 16.1 Å². The third kappa shape index (κ3) is 4.34. The van der Waals surface area contributed by atoms with Crippen molar-refractivity contribution in [2.24, 2.45) is 0 Å². The molecule has 166 valence electrons. The Labute approximate surface area is 185 Å². The van der Waals surface area contributed by atoms with Crippen molar-refractivity contribution in [3.8, 4) is 0 Å². The molecule has 2 saturated heterocycles. The first-order chi connectivity index (χ1) is 14.9. The summed E-state index contributed by atoms with van der Waals surface area (Å²) in [6.45, 7) is 7.39. The maximum Gasteiger partial charge on any atom is 0.243 e. The third-order valence-corrected chi connectivity index (χ3v) is 8.52. The fourth-order valence-electron chi connectivity index (χ4n) is 4.62. The summed E-state index contributed by atoms with van der Waals surface area (Å²) in [5.41, 5.74) is 3.76. The van der Waals surface area contributed by atoms with E-state index in [0.29, 0.717) is 26.1 Å². The first-order valence-electron chi connectivity index (χ1n) is 11.1. The summed E-state index contributed by atoms with van der Waals surface area (Å²) in [5, 5.41) is 0. The number of aryl methyl sites for hydroxylation is 1. The van der Waals surface area contributed by atoms with Gasteiger partial charge in [-0.15, -0.1) is 0 Å². The van der Waals surface area contributed by atoms with Gasteiger partial charge < -0.3 is 9.80 Å². The lowest BCUT2D eigenvalue weighted by Gasteiger charge is -2.41. The van der Waals surface area contributed by atoms with Crippen LogP contribution in [0.5, 0.6) is 0 Å². The summed E-state index contributed by atoms with van der Waals surface area (Å²) < 4.78 is 27.9. The molecule has 2 aliphatic heterocycles. The summed E-state index contributed by atoms with van der Waals surface area (Å²) in [5.74, 6) is -0.0557. The highest BCUT2D eigenvalue weighted by Crippen LogP contribution is 2.28. The molecule has 0 radical (unpaired) electrons. The Hall–Kier alpha value is -2.38. The van der Waals surface area contributed by atoms with Crippen molar-refractivity contribution in [2.75, 3.05) is 37.6 Å². The lowest BCUT2D eigenvalue weighted by atomic mass is 10.0. The first-order valence-corrected chi connectivity index (χ1v) is 12.5. The van der Waals surface area contributed by atoms with Crippen LogP contribution in [0, 0.1) is 13.8 Å². The van der Waals surface area contributed by atoms with Gasteiger partial charge in [-0.1, -0.05) is 36.8 Å². The van der Waals surface area contributed by atoms with Crippen molar-refractivity contribution in [2.45, 2.75) is 44.0 Å². The number of anilines is 1. The zero-order valence-electron chi connectivity index (χ0n) is 18.3. The topological polar surface area (TPSA) is 60.9 Å². The van der Waals surface area contributed by atoms with E-state index in [2.05, 4.69) is 36.9 Å².